The van der Waals surface area contributed by atoms with Crippen molar-refractivity contribution in [1.29, 1.82) is 0 Å². The molecule has 0 spiro atoms. The first-order valence-corrected chi connectivity index (χ1v) is 4.67. The number of nitro groups is 1. The Balaban J connectivity index is 2.31. The molecule has 0 fully saturated rings. The number of hydrogen-bond acceptors (Lipinski definition) is 3. The standard InChI is InChI=1S/C11H9N3O2/c15-14(16)11-4-2-1-3-9(11)5-6-10-7-12-8-13-10/h1-8H,(H,12,13)/b6-5+. The molecule has 0 saturated heterocycles. The molecule has 0 radical (unpaired) electrons. The fourth-order valence-electron chi connectivity index (χ4n) is 1.33. The Bertz CT molecular complexity index is 518. The molecule has 5 nitrogen and oxygen atoms in total. The molecule has 0 unspecified atom stereocenters. The second kappa shape index (κ2) is 4.39. The predicted octanol–water partition coefficient (Wildman–Crippen LogP) is 2.49. The number of aromatic nitrogens is 2. The smallest absolute Gasteiger partial charge is 0.276 e. The van der Waals surface area contributed by atoms with Gasteiger partial charge in [-0.05, 0) is 18.2 Å². The van der Waals surface area contributed by atoms with Gasteiger partial charge in [0.15, 0.2) is 0 Å². The number of hydrogen-bond donors (Lipinski definition) is 1. The Hall–Kier alpha value is -2.43. The summed E-state index contributed by atoms with van der Waals surface area (Å²) in [4.78, 5) is 17.1. The van der Waals surface area contributed by atoms with Crippen LogP contribution in [0.2, 0.25) is 0 Å². The maximum atomic E-state index is 10.7. The van der Waals surface area contributed by atoms with Gasteiger partial charge in [-0.3, -0.25) is 10.1 Å². The first-order chi connectivity index (χ1) is 7.77. The Morgan fingerprint density at radius 2 is 2.12 bits per heavy atom. The van der Waals surface area contributed by atoms with E-state index in [0.717, 1.165) is 5.69 Å². The molecule has 0 atom stereocenters. The van der Waals surface area contributed by atoms with Gasteiger partial charge < -0.3 is 4.98 Å². The van der Waals surface area contributed by atoms with E-state index in [-0.39, 0.29) is 5.69 Å². The molecule has 1 aromatic heterocycles. The summed E-state index contributed by atoms with van der Waals surface area (Å²) in [5.74, 6) is 0. The van der Waals surface area contributed by atoms with Crippen LogP contribution in [-0.2, 0) is 0 Å². The minimum atomic E-state index is -0.396. The van der Waals surface area contributed by atoms with Gasteiger partial charge in [0, 0.05) is 6.07 Å². The van der Waals surface area contributed by atoms with Crippen LogP contribution in [0, 0.1) is 10.1 Å². The highest BCUT2D eigenvalue weighted by Gasteiger charge is 2.08. The van der Waals surface area contributed by atoms with Crippen LogP contribution in [0.1, 0.15) is 11.3 Å². The molecule has 0 saturated carbocycles. The molecule has 0 amide bonds. The molecule has 0 bridgehead atoms. The van der Waals surface area contributed by atoms with E-state index in [1.165, 1.54) is 6.07 Å². The maximum Gasteiger partial charge on any atom is 0.276 e. The summed E-state index contributed by atoms with van der Waals surface area (Å²) in [5.41, 5.74) is 1.47. The van der Waals surface area contributed by atoms with Crippen molar-refractivity contribution in [3.05, 3.63) is 58.2 Å². The zero-order chi connectivity index (χ0) is 11.4. The summed E-state index contributed by atoms with van der Waals surface area (Å²) in [6, 6.07) is 6.59. The number of nitrogens with zero attached hydrogens (tertiary/aromatic N) is 2. The first kappa shape index (κ1) is 10.1. The lowest BCUT2D eigenvalue weighted by atomic mass is 10.1. The van der Waals surface area contributed by atoms with Crippen LogP contribution in [0.15, 0.2) is 36.8 Å². The molecule has 5 heteroatoms. The zero-order valence-corrected chi connectivity index (χ0v) is 8.33. The van der Waals surface area contributed by atoms with Crippen molar-refractivity contribution in [3.63, 3.8) is 0 Å². The van der Waals surface area contributed by atoms with Crippen LogP contribution < -0.4 is 0 Å². The van der Waals surface area contributed by atoms with Crippen molar-refractivity contribution in [1.82, 2.24) is 9.97 Å². The monoisotopic (exact) mass is 215 g/mol. The van der Waals surface area contributed by atoms with E-state index < -0.39 is 4.92 Å². The van der Waals surface area contributed by atoms with Crippen molar-refractivity contribution >= 4 is 17.8 Å². The number of benzene rings is 1. The van der Waals surface area contributed by atoms with Gasteiger partial charge in [0.05, 0.1) is 28.7 Å². The quantitative estimate of drug-likeness (QED) is 0.631. The van der Waals surface area contributed by atoms with Gasteiger partial charge in [-0.2, -0.15) is 0 Å². The van der Waals surface area contributed by atoms with Crippen LogP contribution in [0.25, 0.3) is 12.2 Å². The van der Waals surface area contributed by atoms with Crippen molar-refractivity contribution in [3.8, 4) is 0 Å². The number of para-hydroxylation sites is 1. The lowest BCUT2D eigenvalue weighted by Gasteiger charge is -1.95. The van der Waals surface area contributed by atoms with Crippen LogP contribution in [0.3, 0.4) is 0 Å². The lowest BCUT2D eigenvalue weighted by molar-refractivity contribution is -0.385. The topological polar surface area (TPSA) is 71.8 Å². The molecular formula is C11H9N3O2. The number of H-pyrrole nitrogens is 1. The van der Waals surface area contributed by atoms with Crippen molar-refractivity contribution in [2.24, 2.45) is 0 Å². The van der Waals surface area contributed by atoms with Gasteiger partial charge in [0.25, 0.3) is 5.69 Å². The minimum absolute atomic E-state index is 0.0956. The number of nitro benzene ring substituents is 1. The van der Waals surface area contributed by atoms with Crippen LogP contribution in [-0.4, -0.2) is 14.9 Å². The van der Waals surface area contributed by atoms with Gasteiger partial charge in [0.1, 0.15) is 0 Å². The van der Waals surface area contributed by atoms with Crippen molar-refractivity contribution in [2.75, 3.05) is 0 Å². The van der Waals surface area contributed by atoms with Crippen molar-refractivity contribution < 1.29 is 4.92 Å². The Morgan fingerprint density at radius 1 is 1.31 bits per heavy atom. The average Bonchev–Trinajstić information content (AvgIpc) is 2.79. The summed E-state index contributed by atoms with van der Waals surface area (Å²) in [6.45, 7) is 0. The maximum absolute atomic E-state index is 10.7. The molecule has 0 aliphatic heterocycles. The van der Waals surface area contributed by atoms with E-state index in [4.69, 9.17) is 0 Å². The van der Waals surface area contributed by atoms with E-state index in [9.17, 15) is 10.1 Å². The lowest BCUT2D eigenvalue weighted by Crippen LogP contribution is -1.90. The number of imidazole rings is 1. The van der Waals surface area contributed by atoms with Gasteiger partial charge in [-0.15, -0.1) is 0 Å². The molecule has 2 rings (SSSR count). The summed E-state index contributed by atoms with van der Waals surface area (Å²) in [7, 11) is 0. The van der Waals surface area contributed by atoms with E-state index in [1.54, 1.807) is 42.9 Å². The van der Waals surface area contributed by atoms with E-state index >= 15 is 0 Å². The van der Waals surface area contributed by atoms with Crippen molar-refractivity contribution in [2.45, 2.75) is 0 Å². The SMILES string of the molecule is O=[N+]([O-])c1ccccc1/C=C/c1cnc[nH]1. The number of aromatic amines is 1. The van der Waals surface area contributed by atoms with E-state index in [1.807, 2.05) is 0 Å². The second-order valence-electron chi connectivity index (χ2n) is 3.16. The van der Waals surface area contributed by atoms with Gasteiger partial charge in [0.2, 0.25) is 0 Å². The minimum Gasteiger partial charge on any atom is -0.345 e. The third-order valence-electron chi connectivity index (χ3n) is 2.10. The fourth-order valence-corrected chi connectivity index (χ4v) is 1.33. The molecule has 0 aliphatic carbocycles. The third-order valence-corrected chi connectivity index (χ3v) is 2.10. The molecule has 80 valence electrons. The largest absolute Gasteiger partial charge is 0.345 e. The zero-order valence-electron chi connectivity index (χ0n) is 8.33. The molecule has 1 aromatic carbocycles. The van der Waals surface area contributed by atoms with Gasteiger partial charge in [-0.1, -0.05) is 12.1 Å². The summed E-state index contributed by atoms with van der Waals surface area (Å²) >= 11 is 0. The van der Waals surface area contributed by atoms with Crippen LogP contribution >= 0.6 is 0 Å². The summed E-state index contributed by atoms with van der Waals surface area (Å²) in [5, 5.41) is 10.7. The normalized spacial score (nSPS) is 10.8. The molecule has 1 heterocycles. The fraction of sp³-hybridized carbons (Fsp3) is 0. The molecule has 0 aliphatic rings. The first-order valence-electron chi connectivity index (χ1n) is 4.67. The Kier molecular flexibility index (Phi) is 2.77. The van der Waals surface area contributed by atoms with Crippen LogP contribution in [0.4, 0.5) is 5.69 Å². The second-order valence-corrected chi connectivity index (χ2v) is 3.16. The molecule has 2 aromatic rings. The highest BCUT2D eigenvalue weighted by molar-refractivity contribution is 5.72. The third kappa shape index (κ3) is 2.14. The van der Waals surface area contributed by atoms with Gasteiger partial charge >= 0.3 is 0 Å². The molecule has 1 N–H and O–H groups in total. The predicted molar refractivity (Wildman–Crippen MR) is 60.6 cm³/mol. The summed E-state index contributed by atoms with van der Waals surface area (Å²) in [6.07, 6.45) is 6.63. The van der Waals surface area contributed by atoms with Crippen LogP contribution in [0.5, 0.6) is 0 Å². The average molecular weight is 215 g/mol. The summed E-state index contributed by atoms with van der Waals surface area (Å²) < 4.78 is 0. The molecule has 16 heavy (non-hydrogen) atoms. The van der Waals surface area contributed by atoms with E-state index in [2.05, 4.69) is 9.97 Å². The number of nitrogens with one attached hydrogen (secondary N) is 1. The number of rotatable bonds is 3. The molecular weight excluding hydrogens is 206 g/mol. The van der Waals surface area contributed by atoms with Gasteiger partial charge in [-0.25, -0.2) is 4.98 Å². The highest BCUT2D eigenvalue weighted by atomic mass is 16.6. The Morgan fingerprint density at radius 3 is 2.81 bits per heavy atom. The highest BCUT2D eigenvalue weighted by Crippen LogP contribution is 2.19. The van der Waals surface area contributed by atoms with E-state index in [0.29, 0.717) is 5.56 Å². The Labute approximate surface area is 91.6 Å².